The largest absolute Gasteiger partial charge is 0.289 e. The lowest BCUT2D eigenvalue weighted by atomic mass is 9.90. The first-order chi connectivity index (χ1) is 12.7. The lowest BCUT2D eigenvalue weighted by molar-refractivity contribution is 0.109. The van der Waals surface area contributed by atoms with Crippen molar-refractivity contribution in [1.82, 2.24) is 25.1 Å². The molecule has 0 bridgehead atoms. The molecule has 0 aromatic carbocycles. The monoisotopic (exact) mass is 347 g/mol. The number of nitrogens with zero attached hydrogens (tertiary/aromatic N) is 4. The van der Waals surface area contributed by atoms with Crippen LogP contribution in [0, 0.1) is 6.92 Å². The van der Waals surface area contributed by atoms with Gasteiger partial charge in [0, 0.05) is 30.2 Å². The average molecular weight is 347 g/mol. The standard InChI is InChI=1S/C21H25N5/c1-15-6-5-12-22-21(15)20-10-4-9-19(26(20)2)18-8-3-7-16(24-18)14-17-11-13-23-25-17/h3,5-8,11-13,19-20H,4,9-10,14H2,1-2H3,(H,23,25). The Morgan fingerprint density at radius 2 is 1.96 bits per heavy atom. The van der Waals surface area contributed by atoms with Gasteiger partial charge < -0.3 is 0 Å². The van der Waals surface area contributed by atoms with Gasteiger partial charge in [-0.3, -0.25) is 20.0 Å². The molecule has 26 heavy (non-hydrogen) atoms. The molecule has 4 rings (SSSR count). The first-order valence-electron chi connectivity index (χ1n) is 9.30. The van der Waals surface area contributed by atoms with Gasteiger partial charge in [-0.2, -0.15) is 5.10 Å². The van der Waals surface area contributed by atoms with Crippen LogP contribution in [0.2, 0.25) is 0 Å². The molecule has 0 saturated carbocycles. The van der Waals surface area contributed by atoms with Crippen LogP contribution in [0.25, 0.3) is 0 Å². The summed E-state index contributed by atoms with van der Waals surface area (Å²) in [7, 11) is 2.21. The molecule has 1 aliphatic heterocycles. The van der Waals surface area contributed by atoms with Crippen LogP contribution in [0.5, 0.6) is 0 Å². The number of nitrogens with one attached hydrogen (secondary N) is 1. The summed E-state index contributed by atoms with van der Waals surface area (Å²) in [5.41, 5.74) is 5.80. The van der Waals surface area contributed by atoms with Gasteiger partial charge in [-0.15, -0.1) is 0 Å². The molecule has 134 valence electrons. The summed E-state index contributed by atoms with van der Waals surface area (Å²) in [6.07, 6.45) is 7.96. The number of aromatic nitrogens is 4. The van der Waals surface area contributed by atoms with E-state index in [4.69, 9.17) is 4.98 Å². The molecule has 0 radical (unpaired) electrons. The predicted molar refractivity (Wildman–Crippen MR) is 102 cm³/mol. The molecular weight excluding hydrogens is 322 g/mol. The van der Waals surface area contributed by atoms with Crippen LogP contribution in [0.4, 0.5) is 0 Å². The van der Waals surface area contributed by atoms with E-state index in [-0.39, 0.29) is 0 Å². The lowest BCUT2D eigenvalue weighted by Crippen LogP contribution is -2.34. The Kier molecular flexibility index (Phi) is 4.80. The third-order valence-corrected chi connectivity index (χ3v) is 5.40. The summed E-state index contributed by atoms with van der Waals surface area (Å²) in [4.78, 5) is 12.1. The van der Waals surface area contributed by atoms with Crippen LogP contribution in [-0.4, -0.2) is 32.1 Å². The Morgan fingerprint density at radius 3 is 2.77 bits per heavy atom. The molecule has 5 heteroatoms. The summed E-state index contributed by atoms with van der Waals surface area (Å²) in [6, 6.07) is 13.2. The number of hydrogen-bond donors (Lipinski definition) is 1. The molecule has 1 aliphatic rings. The van der Waals surface area contributed by atoms with Gasteiger partial charge in [-0.1, -0.05) is 12.1 Å². The highest BCUT2D eigenvalue weighted by atomic mass is 15.2. The number of pyridine rings is 2. The highest BCUT2D eigenvalue weighted by molar-refractivity contribution is 5.24. The fourth-order valence-electron chi connectivity index (χ4n) is 4.02. The van der Waals surface area contributed by atoms with E-state index >= 15 is 0 Å². The van der Waals surface area contributed by atoms with Crippen LogP contribution in [-0.2, 0) is 6.42 Å². The van der Waals surface area contributed by atoms with Gasteiger partial charge in [-0.25, -0.2) is 0 Å². The van der Waals surface area contributed by atoms with Crippen molar-refractivity contribution in [3.8, 4) is 0 Å². The van der Waals surface area contributed by atoms with Crippen molar-refractivity contribution in [3.05, 3.63) is 77.1 Å². The smallest absolute Gasteiger partial charge is 0.0604 e. The predicted octanol–water partition coefficient (Wildman–Crippen LogP) is 4.00. The number of aryl methyl sites for hydroxylation is 1. The Balaban J connectivity index is 1.58. The van der Waals surface area contributed by atoms with Crippen molar-refractivity contribution in [3.63, 3.8) is 0 Å². The van der Waals surface area contributed by atoms with Gasteiger partial charge in [0.2, 0.25) is 0 Å². The van der Waals surface area contributed by atoms with Crippen LogP contribution in [0.1, 0.15) is 59.7 Å². The summed E-state index contributed by atoms with van der Waals surface area (Å²) < 4.78 is 0. The Bertz CT molecular complexity index is 858. The maximum atomic E-state index is 4.96. The molecule has 4 heterocycles. The number of hydrogen-bond acceptors (Lipinski definition) is 4. The van der Waals surface area contributed by atoms with E-state index in [1.54, 1.807) is 6.20 Å². The molecule has 1 N–H and O–H groups in total. The van der Waals surface area contributed by atoms with Crippen molar-refractivity contribution in [2.24, 2.45) is 0 Å². The fourth-order valence-corrected chi connectivity index (χ4v) is 4.02. The van der Waals surface area contributed by atoms with E-state index in [2.05, 4.69) is 58.3 Å². The van der Waals surface area contributed by atoms with E-state index in [1.807, 2.05) is 18.3 Å². The molecule has 1 fully saturated rings. The molecule has 0 spiro atoms. The second kappa shape index (κ2) is 7.38. The van der Waals surface area contributed by atoms with Crippen LogP contribution >= 0.6 is 0 Å². The number of aromatic amines is 1. The first-order valence-corrected chi connectivity index (χ1v) is 9.30. The van der Waals surface area contributed by atoms with Crippen molar-refractivity contribution < 1.29 is 0 Å². The SMILES string of the molecule is Cc1cccnc1C1CCCC(c2cccc(Cc3ccn[nH]3)n2)N1C. The Morgan fingerprint density at radius 1 is 1.08 bits per heavy atom. The zero-order chi connectivity index (χ0) is 17.9. The minimum absolute atomic E-state index is 0.330. The lowest BCUT2D eigenvalue weighted by Gasteiger charge is -2.39. The highest BCUT2D eigenvalue weighted by Crippen LogP contribution is 2.39. The zero-order valence-electron chi connectivity index (χ0n) is 15.4. The molecule has 3 aromatic heterocycles. The third kappa shape index (κ3) is 3.40. The molecular formula is C21H25N5. The summed E-state index contributed by atoms with van der Waals surface area (Å²) in [6.45, 7) is 2.16. The maximum Gasteiger partial charge on any atom is 0.0604 e. The van der Waals surface area contributed by atoms with E-state index in [1.165, 1.54) is 17.7 Å². The zero-order valence-corrected chi connectivity index (χ0v) is 15.4. The second-order valence-corrected chi connectivity index (χ2v) is 7.15. The minimum Gasteiger partial charge on any atom is -0.289 e. The number of rotatable bonds is 4. The molecule has 0 aliphatic carbocycles. The maximum absolute atomic E-state index is 4.96. The van der Waals surface area contributed by atoms with Crippen molar-refractivity contribution in [1.29, 1.82) is 0 Å². The molecule has 3 aromatic rings. The fraction of sp³-hybridized carbons (Fsp3) is 0.381. The number of likely N-dealkylation sites (tertiary alicyclic amines) is 1. The van der Waals surface area contributed by atoms with Gasteiger partial charge in [0.15, 0.2) is 0 Å². The second-order valence-electron chi connectivity index (χ2n) is 7.15. The quantitative estimate of drug-likeness (QED) is 0.775. The average Bonchev–Trinajstić information content (AvgIpc) is 3.16. The molecule has 1 saturated heterocycles. The summed E-state index contributed by atoms with van der Waals surface area (Å²) in [5, 5.41) is 7.05. The van der Waals surface area contributed by atoms with Gasteiger partial charge >= 0.3 is 0 Å². The van der Waals surface area contributed by atoms with E-state index in [9.17, 15) is 0 Å². The number of piperidine rings is 1. The molecule has 2 unspecified atom stereocenters. The van der Waals surface area contributed by atoms with Crippen molar-refractivity contribution >= 4 is 0 Å². The normalized spacial score (nSPS) is 21.0. The topological polar surface area (TPSA) is 57.7 Å². The highest BCUT2D eigenvalue weighted by Gasteiger charge is 2.31. The molecule has 0 amide bonds. The van der Waals surface area contributed by atoms with Gasteiger partial charge in [0.05, 0.1) is 23.5 Å². The van der Waals surface area contributed by atoms with Crippen LogP contribution in [0.15, 0.2) is 48.8 Å². The van der Waals surface area contributed by atoms with Crippen molar-refractivity contribution in [2.45, 2.75) is 44.7 Å². The van der Waals surface area contributed by atoms with E-state index < -0.39 is 0 Å². The summed E-state index contributed by atoms with van der Waals surface area (Å²) in [5.74, 6) is 0. The third-order valence-electron chi connectivity index (χ3n) is 5.40. The van der Waals surface area contributed by atoms with Crippen LogP contribution in [0.3, 0.4) is 0 Å². The molecule has 2 atom stereocenters. The summed E-state index contributed by atoms with van der Waals surface area (Å²) >= 11 is 0. The van der Waals surface area contributed by atoms with Crippen LogP contribution < -0.4 is 0 Å². The van der Waals surface area contributed by atoms with E-state index in [0.717, 1.165) is 36.3 Å². The van der Waals surface area contributed by atoms with Gasteiger partial charge in [0.25, 0.3) is 0 Å². The van der Waals surface area contributed by atoms with E-state index in [0.29, 0.717) is 12.1 Å². The molecule has 5 nitrogen and oxygen atoms in total. The Labute approximate surface area is 154 Å². The Hall–Kier alpha value is -2.53. The first kappa shape index (κ1) is 16.9. The van der Waals surface area contributed by atoms with Gasteiger partial charge in [0.1, 0.15) is 0 Å². The van der Waals surface area contributed by atoms with Gasteiger partial charge in [-0.05, 0) is 63.1 Å². The van der Waals surface area contributed by atoms with Crippen molar-refractivity contribution in [2.75, 3.05) is 7.05 Å². The number of H-pyrrole nitrogens is 1. The minimum atomic E-state index is 0.330.